The first-order chi connectivity index (χ1) is 22.0. The first-order valence-electron chi connectivity index (χ1n) is 16.1. The number of piperazine rings is 1. The van der Waals surface area contributed by atoms with Crippen molar-refractivity contribution in [2.45, 2.75) is 76.1 Å². The van der Waals surface area contributed by atoms with Crippen LogP contribution in [0.1, 0.15) is 61.6 Å². The molecule has 3 aromatic rings. The third-order valence-electron chi connectivity index (χ3n) is 8.82. The maximum absolute atomic E-state index is 13.8. The van der Waals surface area contributed by atoms with Gasteiger partial charge in [-0.25, -0.2) is 0 Å². The standard InChI is InChI=1S/C36H47N5O5/c1-36(2,3)39-35(46)30-23-40(21-25-12-9-15-37-20-25)16-17-41(30)22-27(42)19-26(18-24-10-5-4-6-11-24)34(45)38-31-28-13-7-8-14-29(28)32(43)33(31)44/h4-15,20,26-27,30-33,42-44H,16-19,21-23H2,1-3H3,(H,38,45)(H,39,46). The second kappa shape index (κ2) is 14.8. The van der Waals surface area contributed by atoms with Crippen molar-refractivity contribution in [3.05, 3.63) is 101 Å². The Kier molecular flexibility index (Phi) is 10.9. The number of carbonyl (C=O) groups excluding carboxylic acids is 2. The number of hydrogen-bond acceptors (Lipinski definition) is 8. The molecule has 2 amide bonds. The highest BCUT2D eigenvalue weighted by Gasteiger charge is 2.41. The highest BCUT2D eigenvalue weighted by atomic mass is 16.3. The molecule has 2 aromatic carbocycles. The Bertz CT molecular complexity index is 1450. The minimum Gasteiger partial charge on any atom is -0.392 e. The molecule has 0 saturated carbocycles. The minimum absolute atomic E-state index is 0.0957. The van der Waals surface area contributed by atoms with Crippen LogP contribution in [0.2, 0.25) is 0 Å². The molecule has 0 spiro atoms. The van der Waals surface area contributed by atoms with Gasteiger partial charge in [-0.2, -0.15) is 0 Å². The lowest BCUT2D eigenvalue weighted by Gasteiger charge is -2.42. The fraction of sp³-hybridized carbons (Fsp3) is 0.472. The molecule has 46 heavy (non-hydrogen) atoms. The molecule has 1 fully saturated rings. The predicted octanol–water partition coefficient (Wildman–Crippen LogP) is 2.36. The van der Waals surface area contributed by atoms with Crippen LogP contribution in [-0.4, -0.2) is 91.9 Å². The molecule has 1 aromatic heterocycles. The van der Waals surface area contributed by atoms with Crippen molar-refractivity contribution in [3.63, 3.8) is 0 Å². The van der Waals surface area contributed by atoms with E-state index in [2.05, 4.69) is 20.5 Å². The number of aromatic nitrogens is 1. The van der Waals surface area contributed by atoms with Gasteiger partial charge in [0, 0.05) is 56.6 Å². The summed E-state index contributed by atoms with van der Waals surface area (Å²) in [5.41, 5.74) is 2.90. The number of β-amino-alcohol motifs (C(OH)–C–C–N with tert-alkyl or cyclic N) is 1. The Balaban J connectivity index is 1.30. The van der Waals surface area contributed by atoms with Gasteiger partial charge in [0.05, 0.1) is 12.1 Å². The van der Waals surface area contributed by atoms with Crippen LogP contribution in [0.25, 0.3) is 0 Å². The Morgan fingerprint density at radius 2 is 1.65 bits per heavy atom. The lowest BCUT2D eigenvalue weighted by molar-refractivity contribution is -0.132. The number of nitrogens with zero attached hydrogens (tertiary/aromatic N) is 3. The van der Waals surface area contributed by atoms with Crippen molar-refractivity contribution < 1.29 is 24.9 Å². The zero-order valence-corrected chi connectivity index (χ0v) is 26.9. The summed E-state index contributed by atoms with van der Waals surface area (Å²) in [4.78, 5) is 35.9. The summed E-state index contributed by atoms with van der Waals surface area (Å²) in [5, 5.41) is 39.0. The number of carbonyl (C=O) groups is 2. The van der Waals surface area contributed by atoms with Gasteiger partial charge < -0.3 is 26.0 Å². The van der Waals surface area contributed by atoms with E-state index in [4.69, 9.17) is 0 Å². The Morgan fingerprint density at radius 1 is 0.957 bits per heavy atom. The summed E-state index contributed by atoms with van der Waals surface area (Å²) < 4.78 is 0. The molecule has 6 unspecified atom stereocenters. The monoisotopic (exact) mass is 629 g/mol. The van der Waals surface area contributed by atoms with Gasteiger partial charge in [0.1, 0.15) is 18.2 Å². The van der Waals surface area contributed by atoms with E-state index >= 15 is 0 Å². The molecule has 1 saturated heterocycles. The van der Waals surface area contributed by atoms with Crippen LogP contribution in [0.3, 0.4) is 0 Å². The van der Waals surface area contributed by atoms with E-state index in [9.17, 15) is 24.9 Å². The van der Waals surface area contributed by atoms with E-state index in [0.717, 1.165) is 17.7 Å². The number of pyridine rings is 1. The second-order valence-corrected chi connectivity index (χ2v) is 13.7. The van der Waals surface area contributed by atoms with Gasteiger partial charge in [-0.1, -0.05) is 60.7 Å². The Morgan fingerprint density at radius 3 is 2.35 bits per heavy atom. The molecular formula is C36H47N5O5. The first kappa shape index (κ1) is 33.7. The quantitative estimate of drug-likeness (QED) is 0.218. The number of aliphatic hydroxyl groups is 3. The van der Waals surface area contributed by atoms with Gasteiger partial charge in [0.25, 0.3) is 0 Å². The van der Waals surface area contributed by atoms with Gasteiger partial charge in [-0.15, -0.1) is 0 Å². The fourth-order valence-corrected chi connectivity index (χ4v) is 6.59. The molecule has 1 aliphatic heterocycles. The predicted molar refractivity (Wildman–Crippen MR) is 175 cm³/mol. The third kappa shape index (κ3) is 8.57. The van der Waals surface area contributed by atoms with Crippen LogP contribution in [0.15, 0.2) is 79.1 Å². The molecule has 6 atom stereocenters. The van der Waals surface area contributed by atoms with Crippen molar-refractivity contribution in [3.8, 4) is 0 Å². The van der Waals surface area contributed by atoms with E-state index in [1.54, 1.807) is 24.4 Å². The number of hydrogen-bond donors (Lipinski definition) is 5. The Labute approximate surface area is 271 Å². The van der Waals surface area contributed by atoms with Gasteiger partial charge >= 0.3 is 0 Å². The first-order valence-corrected chi connectivity index (χ1v) is 16.1. The van der Waals surface area contributed by atoms with Gasteiger partial charge in [0.15, 0.2) is 0 Å². The van der Waals surface area contributed by atoms with Crippen LogP contribution >= 0.6 is 0 Å². The summed E-state index contributed by atoms with van der Waals surface area (Å²) in [5.74, 6) is -1.01. The van der Waals surface area contributed by atoms with Crippen LogP contribution in [-0.2, 0) is 22.6 Å². The van der Waals surface area contributed by atoms with Crippen molar-refractivity contribution >= 4 is 11.8 Å². The molecule has 0 bridgehead atoms. The molecule has 5 rings (SSSR count). The molecule has 1 aliphatic carbocycles. The van der Waals surface area contributed by atoms with Crippen molar-refractivity contribution in [1.29, 1.82) is 0 Å². The average Bonchev–Trinajstić information content (AvgIpc) is 3.26. The summed E-state index contributed by atoms with van der Waals surface area (Å²) in [7, 11) is 0. The lowest BCUT2D eigenvalue weighted by atomic mass is 9.91. The van der Waals surface area contributed by atoms with Crippen LogP contribution < -0.4 is 10.6 Å². The third-order valence-corrected chi connectivity index (χ3v) is 8.82. The fourth-order valence-electron chi connectivity index (χ4n) is 6.59. The molecule has 246 valence electrons. The Hall–Kier alpha value is -3.67. The highest BCUT2D eigenvalue weighted by molar-refractivity contribution is 5.83. The number of rotatable bonds is 11. The van der Waals surface area contributed by atoms with E-state index in [1.165, 1.54) is 0 Å². The number of amides is 2. The van der Waals surface area contributed by atoms with Gasteiger partial charge in [-0.3, -0.25) is 24.4 Å². The van der Waals surface area contributed by atoms with E-state index in [1.807, 2.05) is 80.4 Å². The van der Waals surface area contributed by atoms with Crippen LogP contribution in [0.4, 0.5) is 0 Å². The SMILES string of the molecule is CC(C)(C)NC(=O)C1CN(Cc2cccnc2)CCN1CC(O)CC(Cc1ccccc1)C(=O)NC1c2ccccc2C(O)C1O. The topological polar surface area (TPSA) is 138 Å². The molecule has 5 N–H and O–H groups in total. The molecule has 10 nitrogen and oxygen atoms in total. The largest absolute Gasteiger partial charge is 0.392 e. The zero-order chi connectivity index (χ0) is 32.8. The molecule has 2 heterocycles. The maximum Gasteiger partial charge on any atom is 0.239 e. The summed E-state index contributed by atoms with van der Waals surface area (Å²) in [6, 6.07) is 19.5. The molecule has 0 radical (unpaired) electrons. The van der Waals surface area contributed by atoms with Gasteiger partial charge in [-0.05, 0) is 61.9 Å². The second-order valence-electron chi connectivity index (χ2n) is 13.7. The van der Waals surface area contributed by atoms with Gasteiger partial charge in [0.2, 0.25) is 11.8 Å². The molecule has 2 aliphatic rings. The summed E-state index contributed by atoms with van der Waals surface area (Å²) >= 11 is 0. The number of nitrogens with one attached hydrogen (secondary N) is 2. The maximum atomic E-state index is 13.8. The number of fused-ring (bicyclic) bond motifs is 1. The lowest BCUT2D eigenvalue weighted by Crippen LogP contribution is -2.61. The minimum atomic E-state index is -1.17. The van der Waals surface area contributed by atoms with Crippen molar-refractivity contribution in [2.24, 2.45) is 5.92 Å². The highest BCUT2D eigenvalue weighted by Crippen LogP contribution is 2.39. The average molecular weight is 630 g/mol. The summed E-state index contributed by atoms with van der Waals surface area (Å²) in [6.45, 7) is 8.55. The number of benzene rings is 2. The summed E-state index contributed by atoms with van der Waals surface area (Å²) in [6.07, 6.45) is 0.983. The van der Waals surface area contributed by atoms with E-state index in [-0.39, 0.29) is 24.8 Å². The van der Waals surface area contributed by atoms with Crippen molar-refractivity contribution in [1.82, 2.24) is 25.4 Å². The normalized spacial score (nSPS) is 23.3. The zero-order valence-electron chi connectivity index (χ0n) is 26.9. The number of aliphatic hydroxyl groups excluding tert-OH is 3. The molecular weight excluding hydrogens is 582 g/mol. The molecule has 10 heteroatoms. The van der Waals surface area contributed by atoms with Crippen molar-refractivity contribution in [2.75, 3.05) is 26.2 Å². The van der Waals surface area contributed by atoms with Crippen LogP contribution in [0.5, 0.6) is 0 Å². The van der Waals surface area contributed by atoms with E-state index < -0.39 is 41.9 Å². The smallest absolute Gasteiger partial charge is 0.239 e. The van der Waals surface area contributed by atoms with Crippen LogP contribution in [0, 0.1) is 5.92 Å². The van der Waals surface area contributed by atoms with E-state index in [0.29, 0.717) is 37.2 Å².